The number of aromatic nitrogens is 4. The van der Waals surface area contributed by atoms with E-state index in [2.05, 4.69) is 20.6 Å². The van der Waals surface area contributed by atoms with Crippen molar-refractivity contribution in [1.82, 2.24) is 20.0 Å². The molecule has 5 nitrogen and oxygen atoms in total. The molecule has 0 unspecified atom stereocenters. The molecule has 2 aromatic heterocycles. The van der Waals surface area contributed by atoms with Crippen molar-refractivity contribution in [3.8, 4) is 5.82 Å². The van der Waals surface area contributed by atoms with E-state index in [4.69, 9.17) is 23.2 Å². The zero-order valence-corrected chi connectivity index (χ0v) is 11.4. The van der Waals surface area contributed by atoms with Gasteiger partial charge in [0.05, 0.1) is 15.6 Å². The van der Waals surface area contributed by atoms with Gasteiger partial charge in [-0.1, -0.05) is 40.5 Å². The summed E-state index contributed by atoms with van der Waals surface area (Å²) in [5, 5.41) is 11.9. The molecule has 0 atom stereocenters. The largest absolute Gasteiger partial charge is 0.372 e. The summed E-state index contributed by atoms with van der Waals surface area (Å²) >= 11 is 12.2. The third kappa shape index (κ3) is 2.01. The van der Waals surface area contributed by atoms with Gasteiger partial charge in [-0.25, -0.2) is 4.98 Å². The highest BCUT2D eigenvalue weighted by atomic mass is 35.5. The molecule has 0 saturated heterocycles. The number of pyridine rings is 1. The summed E-state index contributed by atoms with van der Waals surface area (Å²) in [6, 6.07) is 9.22. The molecule has 0 aliphatic heterocycles. The second-order valence-electron chi connectivity index (χ2n) is 3.86. The monoisotopic (exact) mass is 293 g/mol. The Hall–Kier alpha value is -1.85. The second kappa shape index (κ2) is 4.68. The van der Waals surface area contributed by atoms with Gasteiger partial charge < -0.3 is 5.32 Å². The lowest BCUT2D eigenvalue weighted by Gasteiger charge is -2.08. The van der Waals surface area contributed by atoms with Crippen LogP contribution in [0.25, 0.3) is 16.9 Å². The maximum absolute atomic E-state index is 6.19. The molecule has 0 fully saturated rings. The van der Waals surface area contributed by atoms with E-state index in [9.17, 15) is 0 Å². The third-order valence-corrected chi connectivity index (χ3v) is 3.27. The van der Waals surface area contributed by atoms with Gasteiger partial charge in [0, 0.05) is 7.05 Å². The molecule has 1 N–H and O–H groups in total. The van der Waals surface area contributed by atoms with Crippen LogP contribution in [-0.4, -0.2) is 27.0 Å². The summed E-state index contributed by atoms with van der Waals surface area (Å²) in [4.78, 5) is 4.37. The number of nitrogens with zero attached hydrogens (tertiary/aromatic N) is 4. The van der Waals surface area contributed by atoms with E-state index in [-0.39, 0.29) is 0 Å². The average molecular weight is 294 g/mol. The molecule has 0 amide bonds. The van der Waals surface area contributed by atoms with Crippen LogP contribution >= 0.6 is 23.2 Å². The standard InChI is InChI=1S/C12H9Cl2N5/c1-15-11-7(13)6-8(14)12(16-11)19-10-5-3-2-4-9(10)17-18-19/h2-6H,1H3,(H,15,16). The number of halogens is 2. The predicted octanol–water partition coefficient (Wildman–Crippen LogP) is 3.16. The molecule has 0 spiro atoms. The topological polar surface area (TPSA) is 55.6 Å². The Morgan fingerprint density at radius 2 is 1.95 bits per heavy atom. The Morgan fingerprint density at radius 1 is 1.16 bits per heavy atom. The van der Waals surface area contributed by atoms with E-state index in [1.807, 2.05) is 24.3 Å². The first kappa shape index (κ1) is 12.2. The van der Waals surface area contributed by atoms with Gasteiger partial charge in [0.25, 0.3) is 0 Å². The van der Waals surface area contributed by atoms with Crippen LogP contribution in [0.5, 0.6) is 0 Å². The minimum atomic E-state index is 0.416. The van der Waals surface area contributed by atoms with Crippen molar-refractivity contribution in [2.45, 2.75) is 0 Å². The van der Waals surface area contributed by atoms with Gasteiger partial charge in [-0.3, -0.25) is 0 Å². The first-order valence-corrected chi connectivity index (χ1v) is 6.31. The maximum atomic E-state index is 6.19. The number of rotatable bonds is 2. The van der Waals surface area contributed by atoms with E-state index in [0.717, 1.165) is 11.0 Å². The summed E-state index contributed by atoms with van der Waals surface area (Å²) in [5.74, 6) is 1.03. The van der Waals surface area contributed by atoms with Crippen LogP contribution in [0.1, 0.15) is 0 Å². The van der Waals surface area contributed by atoms with Crippen LogP contribution in [0.2, 0.25) is 10.0 Å². The van der Waals surface area contributed by atoms with E-state index < -0.39 is 0 Å². The normalized spacial score (nSPS) is 10.9. The molecule has 0 aliphatic rings. The van der Waals surface area contributed by atoms with Crippen molar-refractivity contribution in [3.05, 3.63) is 40.4 Å². The number of hydrogen-bond donors (Lipinski definition) is 1. The second-order valence-corrected chi connectivity index (χ2v) is 4.68. The van der Waals surface area contributed by atoms with E-state index >= 15 is 0 Å². The lowest BCUT2D eigenvalue weighted by atomic mass is 10.3. The Bertz CT molecular complexity index is 753. The Kier molecular flexibility index (Phi) is 3.00. The molecule has 3 rings (SSSR count). The van der Waals surface area contributed by atoms with Crippen LogP contribution in [0, 0.1) is 0 Å². The fourth-order valence-corrected chi connectivity index (χ4v) is 2.34. The molecule has 0 radical (unpaired) electrons. The van der Waals surface area contributed by atoms with Crippen LogP contribution in [0.4, 0.5) is 5.82 Å². The maximum Gasteiger partial charge on any atom is 0.176 e. The van der Waals surface area contributed by atoms with Gasteiger partial charge in [0.15, 0.2) is 5.82 Å². The quantitative estimate of drug-likeness (QED) is 0.788. The fraction of sp³-hybridized carbons (Fsp3) is 0.0833. The summed E-state index contributed by atoms with van der Waals surface area (Å²) < 4.78 is 1.59. The smallest absolute Gasteiger partial charge is 0.176 e. The number of fused-ring (bicyclic) bond motifs is 1. The van der Waals surface area contributed by atoms with Crippen molar-refractivity contribution < 1.29 is 0 Å². The Labute approximate surface area is 119 Å². The minimum Gasteiger partial charge on any atom is -0.372 e. The van der Waals surface area contributed by atoms with Crippen LogP contribution in [0.3, 0.4) is 0 Å². The molecule has 3 aromatic rings. The molecule has 2 heterocycles. The number of benzene rings is 1. The SMILES string of the molecule is CNc1nc(-n2nnc3ccccc32)c(Cl)cc1Cl. The third-order valence-electron chi connectivity index (χ3n) is 2.70. The lowest BCUT2D eigenvalue weighted by molar-refractivity contribution is 0.802. The molecule has 0 bridgehead atoms. The van der Waals surface area contributed by atoms with Crippen molar-refractivity contribution in [3.63, 3.8) is 0 Å². The minimum absolute atomic E-state index is 0.416. The first-order valence-electron chi connectivity index (χ1n) is 5.55. The summed E-state index contributed by atoms with van der Waals surface area (Å²) in [7, 11) is 1.74. The van der Waals surface area contributed by atoms with Gasteiger partial charge in [-0.05, 0) is 18.2 Å². The van der Waals surface area contributed by atoms with Crippen LogP contribution in [-0.2, 0) is 0 Å². The van der Waals surface area contributed by atoms with Gasteiger partial charge in [0.2, 0.25) is 0 Å². The van der Waals surface area contributed by atoms with Crippen molar-refractivity contribution in [2.24, 2.45) is 0 Å². The van der Waals surface area contributed by atoms with Crippen LogP contribution < -0.4 is 5.32 Å². The predicted molar refractivity (Wildman–Crippen MR) is 76.2 cm³/mol. The van der Waals surface area contributed by atoms with Gasteiger partial charge >= 0.3 is 0 Å². The highest BCUT2D eigenvalue weighted by Gasteiger charge is 2.13. The Balaban J connectivity index is 2.27. The molecule has 0 aliphatic carbocycles. The van der Waals surface area contributed by atoms with E-state index in [1.54, 1.807) is 17.8 Å². The van der Waals surface area contributed by atoms with Crippen molar-refractivity contribution in [2.75, 3.05) is 12.4 Å². The first-order chi connectivity index (χ1) is 9.20. The van der Waals surface area contributed by atoms with Gasteiger partial charge in [0.1, 0.15) is 11.3 Å². The molecular formula is C12H9Cl2N5. The fourth-order valence-electron chi connectivity index (χ4n) is 1.81. The average Bonchev–Trinajstić information content (AvgIpc) is 2.83. The molecule has 19 heavy (non-hydrogen) atoms. The van der Waals surface area contributed by atoms with E-state index in [1.165, 1.54) is 0 Å². The summed E-state index contributed by atoms with van der Waals surface area (Å²) in [6.45, 7) is 0. The number of nitrogens with one attached hydrogen (secondary N) is 1. The van der Waals surface area contributed by atoms with E-state index in [0.29, 0.717) is 21.7 Å². The summed E-state index contributed by atoms with van der Waals surface area (Å²) in [6.07, 6.45) is 0. The molecule has 0 saturated carbocycles. The van der Waals surface area contributed by atoms with Gasteiger partial charge in [-0.15, -0.1) is 5.10 Å². The highest BCUT2D eigenvalue weighted by Crippen LogP contribution is 2.29. The summed E-state index contributed by atoms with van der Waals surface area (Å²) in [5.41, 5.74) is 1.61. The van der Waals surface area contributed by atoms with Crippen molar-refractivity contribution >= 4 is 40.1 Å². The zero-order valence-electron chi connectivity index (χ0n) is 9.93. The number of anilines is 1. The molecule has 1 aromatic carbocycles. The zero-order chi connectivity index (χ0) is 13.4. The molecule has 96 valence electrons. The lowest BCUT2D eigenvalue weighted by Crippen LogP contribution is -2.04. The molecule has 7 heteroatoms. The number of para-hydroxylation sites is 1. The Morgan fingerprint density at radius 3 is 2.74 bits per heavy atom. The number of hydrogen-bond acceptors (Lipinski definition) is 4. The molecular weight excluding hydrogens is 285 g/mol. The van der Waals surface area contributed by atoms with Crippen LogP contribution in [0.15, 0.2) is 30.3 Å². The van der Waals surface area contributed by atoms with Crippen molar-refractivity contribution in [1.29, 1.82) is 0 Å². The van der Waals surface area contributed by atoms with Gasteiger partial charge in [-0.2, -0.15) is 4.68 Å². The highest BCUT2D eigenvalue weighted by molar-refractivity contribution is 6.36.